The fourth-order valence-electron chi connectivity index (χ4n) is 4.11. The van der Waals surface area contributed by atoms with Gasteiger partial charge >= 0.3 is 6.61 Å². The number of alkyl halides is 2. The van der Waals surface area contributed by atoms with Crippen LogP contribution in [0.2, 0.25) is 0 Å². The highest BCUT2D eigenvalue weighted by atomic mass is 19.3. The largest absolute Gasteiger partial charge is 0.434 e. The van der Waals surface area contributed by atoms with Crippen LogP contribution in [0.4, 0.5) is 13.2 Å². The summed E-state index contributed by atoms with van der Waals surface area (Å²) in [5.41, 5.74) is 2.81. The molecule has 1 saturated heterocycles. The maximum Gasteiger partial charge on any atom is 0.387 e. The van der Waals surface area contributed by atoms with Crippen LogP contribution in [0.15, 0.2) is 54.6 Å². The van der Waals surface area contributed by atoms with Crippen molar-refractivity contribution in [2.24, 2.45) is 0 Å². The lowest BCUT2D eigenvalue weighted by molar-refractivity contribution is -0.0502. The van der Waals surface area contributed by atoms with E-state index in [4.69, 9.17) is 0 Å². The van der Waals surface area contributed by atoms with Gasteiger partial charge in [0.1, 0.15) is 11.6 Å². The number of benzene rings is 2. The van der Waals surface area contributed by atoms with Crippen LogP contribution < -0.4 is 4.74 Å². The van der Waals surface area contributed by atoms with Gasteiger partial charge in [0.25, 0.3) is 0 Å². The molecule has 1 fully saturated rings. The summed E-state index contributed by atoms with van der Waals surface area (Å²) in [6.45, 7) is -2.09. The van der Waals surface area contributed by atoms with Gasteiger partial charge in [0.15, 0.2) is 0 Å². The zero-order chi connectivity index (χ0) is 18.1. The van der Waals surface area contributed by atoms with Crippen molar-refractivity contribution in [3.05, 3.63) is 71.6 Å². The Labute approximate surface area is 150 Å². The molecule has 2 aromatic rings. The number of hydrogen-bond donors (Lipinski definition) is 0. The van der Waals surface area contributed by atoms with Crippen LogP contribution in [0.1, 0.15) is 30.4 Å². The van der Waals surface area contributed by atoms with E-state index in [9.17, 15) is 13.2 Å². The first-order valence-corrected chi connectivity index (χ1v) is 8.85. The Balaban J connectivity index is 1.60. The van der Waals surface area contributed by atoms with Gasteiger partial charge in [0, 0.05) is 30.3 Å². The van der Waals surface area contributed by atoms with E-state index in [0.29, 0.717) is 11.6 Å². The number of hydrogen-bond acceptors (Lipinski definition) is 2. The van der Waals surface area contributed by atoms with Gasteiger partial charge in [0.05, 0.1) is 0 Å². The molecule has 0 spiro atoms. The highest BCUT2D eigenvalue weighted by Crippen LogP contribution is 2.42. The normalized spacial score (nSPS) is 22.5. The molecule has 2 heterocycles. The Morgan fingerprint density at radius 2 is 1.88 bits per heavy atom. The van der Waals surface area contributed by atoms with E-state index in [1.54, 1.807) is 6.07 Å². The maximum absolute atomic E-state index is 13.5. The van der Waals surface area contributed by atoms with Crippen molar-refractivity contribution in [3.8, 4) is 5.75 Å². The summed E-state index contributed by atoms with van der Waals surface area (Å²) < 4.78 is 43.4. The van der Waals surface area contributed by atoms with Crippen molar-refractivity contribution < 1.29 is 17.9 Å². The number of nitrogens with zero attached hydrogens (tertiary/aromatic N) is 1. The van der Waals surface area contributed by atoms with Crippen LogP contribution in [0.25, 0.3) is 5.57 Å². The molecule has 2 aromatic carbocycles. The molecule has 2 nitrogen and oxygen atoms in total. The molecule has 0 aliphatic carbocycles. The SMILES string of the molecule is Fc1ccc(C2=CC3CCC(C2)N3Cc2ccccc2)c(OC(F)F)c1. The number of ether oxygens (including phenoxy) is 1. The first-order valence-electron chi connectivity index (χ1n) is 8.85. The third kappa shape index (κ3) is 3.49. The Kier molecular flexibility index (Phi) is 4.72. The van der Waals surface area contributed by atoms with Crippen LogP contribution in [0.5, 0.6) is 5.75 Å². The molecule has 0 aromatic heterocycles. The van der Waals surface area contributed by atoms with Crippen molar-refractivity contribution in [2.75, 3.05) is 0 Å². The summed E-state index contributed by atoms with van der Waals surface area (Å²) in [7, 11) is 0. The number of fused-ring (bicyclic) bond motifs is 2. The van der Waals surface area contributed by atoms with Crippen LogP contribution in [0, 0.1) is 5.82 Å². The quantitative estimate of drug-likeness (QED) is 0.723. The molecule has 2 aliphatic rings. The Bertz CT molecular complexity index is 806. The van der Waals surface area contributed by atoms with Gasteiger partial charge in [0.2, 0.25) is 0 Å². The fraction of sp³-hybridized carbons (Fsp3) is 0.333. The van der Waals surface area contributed by atoms with Crippen LogP contribution in [-0.2, 0) is 6.54 Å². The predicted octanol–water partition coefficient (Wildman–Crippen LogP) is 5.25. The average Bonchev–Trinajstić information content (AvgIpc) is 2.84. The van der Waals surface area contributed by atoms with Gasteiger partial charge < -0.3 is 4.74 Å². The minimum Gasteiger partial charge on any atom is -0.434 e. The van der Waals surface area contributed by atoms with Crippen LogP contribution in [-0.4, -0.2) is 23.6 Å². The third-order valence-electron chi connectivity index (χ3n) is 5.25. The van der Waals surface area contributed by atoms with Crippen molar-refractivity contribution in [1.29, 1.82) is 0 Å². The van der Waals surface area contributed by atoms with Crippen molar-refractivity contribution in [2.45, 2.75) is 44.5 Å². The molecule has 2 unspecified atom stereocenters. The minimum absolute atomic E-state index is 0.0813. The molecule has 0 N–H and O–H groups in total. The maximum atomic E-state index is 13.5. The molecule has 136 valence electrons. The Morgan fingerprint density at radius 1 is 1.08 bits per heavy atom. The molecule has 0 radical (unpaired) electrons. The molecule has 5 heteroatoms. The van der Waals surface area contributed by atoms with E-state index < -0.39 is 12.4 Å². The van der Waals surface area contributed by atoms with Crippen LogP contribution >= 0.6 is 0 Å². The summed E-state index contributed by atoms with van der Waals surface area (Å²) >= 11 is 0. The molecule has 0 amide bonds. The summed E-state index contributed by atoms with van der Waals surface area (Å²) in [6.07, 6.45) is 5.02. The van der Waals surface area contributed by atoms with Crippen molar-refractivity contribution in [3.63, 3.8) is 0 Å². The fourth-order valence-corrected chi connectivity index (χ4v) is 4.11. The smallest absolute Gasteiger partial charge is 0.387 e. The molecule has 4 rings (SSSR count). The standard InChI is InChI=1S/C21H20F3NO/c22-16-6-9-19(20(12-16)26-21(23)24)15-10-17-7-8-18(11-15)25(17)13-14-4-2-1-3-5-14/h1-6,9-10,12,17-18,21H,7-8,11,13H2. The molecule has 26 heavy (non-hydrogen) atoms. The van der Waals surface area contributed by atoms with Gasteiger partial charge in [-0.05, 0) is 42.5 Å². The Morgan fingerprint density at radius 3 is 2.62 bits per heavy atom. The molecule has 0 saturated carbocycles. The summed E-state index contributed by atoms with van der Waals surface area (Å²) in [4.78, 5) is 2.47. The van der Waals surface area contributed by atoms with Gasteiger partial charge in [-0.2, -0.15) is 8.78 Å². The number of rotatable bonds is 5. The summed E-state index contributed by atoms with van der Waals surface area (Å²) in [5.74, 6) is -0.656. The predicted molar refractivity (Wildman–Crippen MR) is 94.4 cm³/mol. The van der Waals surface area contributed by atoms with Crippen molar-refractivity contribution >= 4 is 5.57 Å². The lowest BCUT2D eigenvalue weighted by Crippen LogP contribution is -2.37. The van der Waals surface area contributed by atoms with Crippen LogP contribution in [0.3, 0.4) is 0 Å². The molecule has 2 aliphatic heterocycles. The average molecular weight is 359 g/mol. The highest BCUT2D eigenvalue weighted by Gasteiger charge is 2.37. The summed E-state index contributed by atoms with van der Waals surface area (Å²) in [5, 5.41) is 0. The molecular weight excluding hydrogens is 339 g/mol. The molecular formula is C21H20F3NO. The molecule has 2 atom stereocenters. The first-order chi connectivity index (χ1) is 12.6. The van der Waals surface area contributed by atoms with Gasteiger partial charge in [-0.15, -0.1) is 0 Å². The zero-order valence-electron chi connectivity index (χ0n) is 14.2. The van der Waals surface area contributed by atoms with E-state index in [0.717, 1.165) is 37.4 Å². The Hall–Kier alpha value is -2.27. The van der Waals surface area contributed by atoms with Gasteiger partial charge in [-0.1, -0.05) is 36.4 Å². The monoisotopic (exact) mass is 359 g/mol. The van der Waals surface area contributed by atoms with E-state index in [-0.39, 0.29) is 11.8 Å². The zero-order valence-corrected chi connectivity index (χ0v) is 14.2. The lowest BCUT2D eigenvalue weighted by Gasteiger charge is -2.34. The second kappa shape index (κ2) is 7.16. The second-order valence-corrected chi connectivity index (χ2v) is 6.87. The van der Waals surface area contributed by atoms with E-state index in [2.05, 4.69) is 27.8 Å². The van der Waals surface area contributed by atoms with Crippen molar-refractivity contribution in [1.82, 2.24) is 4.90 Å². The summed E-state index contributed by atoms with van der Waals surface area (Å²) in [6, 6.07) is 14.8. The van der Waals surface area contributed by atoms with E-state index in [1.807, 2.05) is 18.2 Å². The highest BCUT2D eigenvalue weighted by molar-refractivity contribution is 5.72. The third-order valence-corrected chi connectivity index (χ3v) is 5.25. The van der Waals surface area contributed by atoms with E-state index >= 15 is 0 Å². The number of halogens is 3. The lowest BCUT2D eigenvalue weighted by atomic mass is 9.93. The minimum atomic E-state index is -2.97. The first kappa shape index (κ1) is 17.2. The molecule has 2 bridgehead atoms. The van der Waals surface area contributed by atoms with Gasteiger partial charge in [-0.3, -0.25) is 4.90 Å². The van der Waals surface area contributed by atoms with Gasteiger partial charge in [-0.25, -0.2) is 4.39 Å². The second-order valence-electron chi connectivity index (χ2n) is 6.87. The van der Waals surface area contributed by atoms with E-state index in [1.165, 1.54) is 11.6 Å². The topological polar surface area (TPSA) is 12.5 Å².